The van der Waals surface area contributed by atoms with Crippen LogP contribution in [0.1, 0.15) is 41.0 Å². The molecule has 0 aliphatic heterocycles. The van der Waals surface area contributed by atoms with E-state index in [1.807, 2.05) is 66.9 Å². The predicted molar refractivity (Wildman–Crippen MR) is 144 cm³/mol. The Balaban J connectivity index is 1.32. The Kier molecular flexibility index (Phi) is 5.98. The smallest absolute Gasteiger partial charge is 0.291 e. The molecule has 0 unspecified atom stereocenters. The number of carbonyl (C=O) groups is 1. The number of carbonyl (C=O) groups excluding carboxylic acids is 1. The lowest BCUT2D eigenvalue weighted by molar-refractivity contribution is 0.0944. The molecule has 0 bridgehead atoms. The summed E-state index contributed by atoms with van der Waals surface area (Å²) in [6, 6.07) is 28.4. The molecule has 0 atom stereocenters. The number of benzene rings is 3. The topological polar surface area (TPSA) is 98.2 Å². The van der Waals surface area contributed by atoms with Gasteiger partial charge in [0.15, 0.2) is 0 Å². The van der Waals surface area contributed by atoms with E-state index in [4.69, 9.17) is 10.7 Å². The van der Waals surface area contributed by atoms with E-state index in [0.717, 1.165) is 52.8 Å². The largest absolute Gasteiger partial charge is 0.349 e. The molecule has 6 rings (SSSR count). The maximum absolute atomic E-state index is 12.8. The zero-order chi connectivity index (χ0) is 25.2. The highest BCUT2D eigenvalue weighted by atomic mass is 16.2. The summed E-state index contributed by atoms with van der Waals surface area (Å²) in [4.78, 5) is 22.1. The Labute approximate surface area is 215 Å². The quantitative estimate of drug-likeness (QED) is 0.344. The first-order valence-electron chi connectivity index (χ1n) is 12.6. The Morgan fingerprint density at radius 3 is 2.27 bits per heavy atom. The van der Waals surface area contributed by atoms with E-state index in [1.54, 1.807) is 4.52 Å². The summed E-state index contributed by atoms with van der Waals surface area (Å²) in [6.45, 7) is 0.501. The third-order valence-corrected chi connectivity index (χ3v) is 7.14. The third-order valence-electron chi connectivity index (χ3n) is 7.14. The molecule has 7 nitrogen and oxygen atoms in total. The van der Waals surface area contributed by atoms with Gasteiger partial charge in [0.25, 0.3) is 11.7 Å². The molecule has 2 aromatic heterocycles. The van der Waals surface area contributed by atoms with Gasteiger partial charge in [-0.15, -0.1) is 5.10 Å². The van der Waals surface area contributed by atoms with Crippen LogP contribution in [0, 0.1) is 0 Å². The molecular formula is C30H28N6O. The van der Waals surface area contributed by atoms with Crippen LogP contribution in [0.25, 0.3) is 28.2 Å². The Hall–Kier alpha value is -4.36. The van der Waals surface area contributed by atoms with Gasteiger partial charge in [0.2, 0.25) is 5.82 Å². The summed E-state index contributed by atoms with van der Waals surface area (Å²) in [5.41, 5.74) is 12.3. The summed E-state index contributed by atoms with van der Waals surface area (Å²) < 4.78 is 1.58. The van der Waals surface area contributed by atoms with Crippen LogP contribution >= 0.6 is 0 Å². The zero-order valence-corrected chi connectivity index (χ0v) is 20.5. The van der Waals surface area contributed by atoms with E-state index in [2.05, 4.69) is 39.7 Å². The maximum Gasteiger partial charge on any atom is 0.291 e. The predicted octanol–water partition coefficient (Wildman–Crippen LogP) is 4.77. The van der Waals surface area contributed by atoms with Crippen LogP contribution in [-0.2, 0) is 12.0 Å². The van der Waals surface area contributed by atoms with E-state index in [-0.39, 0.29) is 17.3 Å². The van der Waals surface area contributed by atoms with Gasteiger partial charge in [-0.1, -0.05) is 84.9 Å². The normalized spacial score (nSPS) is 14.3. The van der Waals surface area contributed by atoms with Gasteiger partial charge in [-0.25, -0.2) is 9.50 Å². The van der Waals surface area contributed by atoms with Gasteiger partial charge in [0, 0.05) is 29.4 Å². The average molecular weight is 489 g/mol. The van der Waals surface area contributed by atoms with Gasteiger partial charge < -0.3 is 11.1 Å². The van der Waals surface area contributed by atoms with Crippen LogP contribution in [0.15, 0.2) is 91.1 Å². The van der Waals surface area contributed by atoms with Crippen LogP contribution in [0.4, 0.5) is 0 Å². The molecule has 1 aliphatic rings. The van der Waals surface area contributed by atoms with E-state index in [1.165, 1.54) is 6.42 Å². The Bertz CT molecular complexity index is 1540. The summed E-state index contributed by atoms with van der Waals surface area (Å²) in [6.07, 6.45) is 5.83. The molecule has 7 heteroatoms. The second kappa shape index (κ2) is 9.59. The highest BCUT2D eigenvalue weighted by Gasteiger charge is 2.34. The molecule has 1 saturated carbocycles. The van der Waals surface area contributed by atoms with Crippen molar-refractivity contribution in [2.75, 3.05) is 6.54 Å². The van der Waals surface area contributed by atoms with Gasteiger partial charge in [-0.2, -0.15) is 4.98 Å². The minimum Gasteiger partial charge on any atom is -0.349 e. The lowest BCUT2D eigenvalue weighted by Crippen LogP contribution is -2.43. The minimum atomic E-state index is -0.317. The van der Waals surface area contributed by atoms with Gasteiger partial charge in [0.1, 0.15) is 0 Å². The molecular weight excluding hydrogens is 460 g/mol. The van der Waals surface area contributed by atoms with E-state index in [0.29, 0.717) is 12.3 Å². The van der Waals surface area contributed by atoms with Crippen LogP contribution < -0.4 is 11.1 Å². The second-order valence-corrected chi connectivity index (χ2v) is 9.63. The van der Waals surface area contributed by atoms with Crippen molar-refractivity contribution >= 4 is 11.7 Å². The van der Waals surface area contributed by atoms with Crippen LogP contribution in [0.3, 0.4) is 0 Å². The molecule has 0 radical (unpaired) electrons. The minimum absolute atomic E-state index is 0.0992. The standard InChI is InChI=1S/C30H28N6O/c31-30(17-7-18-30)24-14-12-23(13-15-24)26-25(22-10-5-2-6-11-22)20-36-29(33-26)34-27(35-36)28(37)32-19-16-21-8-3-1-4-9-21/h1-6,8-15,20H,7,16-19,31H2,(H,32,37). The molecule has 37 heavy (non-hydrogen) atoms. The fraction of sp³-hybridized carbons (Fsp3) is 0.200. The van der Waals surface area contributed by atoms with Crippen molar-refractivity contribution in [1.29, 1.82) is 0 Å². The van der Waals surface area contributed by atoms with E-state index >= 15 is 0 Å². The Morgan fingerprint density at radius 2 is 1.59 bits per heavy atom. The summed E-state index contributed by atoms with van der Waals surface area (Å²) in [5.74, 6) is 0.158. The summed E-state index contributed by atoms with van der Waals surface area (Å²) >= 11 is 0. The SMILES string of the molecule is NC1(c2ccc(-c3nc4nc(C(=O)NCCc5ccccc5)nn4cc3-c3ccccc3)cc2)CCC1. The highest BCUT2D eigenvalue weighted by Crippen LogP contribution is 2.39. The fourth-order valence-electron chi connectivity index (χ4n) is 4.82. The molecule has 3 aromatic carbocycles. The molecule has 0 saturated heterocycles. The highest BCUT2D eigenvalue weighted by molar-refractivity contribution is 5.91. The summed E-state index contributed by atoms with van der Waals surface area (Å²) in [5, 5.41) is 7.35. The number of nitrogens with zero attached hydrogens (tertiary/aromatic N) is 4. The lowest BCUT2D eigenvalue weighted by atomic mass is 9.72. The van der Waals surface area contributed by atoms with Crippen LogP contribution in [0.5, 0.6) is 0 Å². The van der Waals surface area contributed by atoms with Gasteiger partial charge in [-0.05, 0) is 42.4 Å². The Morgan fingerprint density at radius 1 is 0.892 bits per heavy atom. The van der Waals surface area contributed by atoms with Crippen molar-refractivity contribution in [2.45, 2.75) is 31.2 Å². The first kappa shape index (κ1) is 23.1. The molecule has 2 heterocycles. The molecule has 1 amide bonds. The second-order valence-electron chi connectivity index (χ2n) is 9.63. The van der Waals surface area contributed by atoms with Crippen molar-refractivity contribution in [1.82, 2.24) is 24.9 Å². The van der Waals surface area contributed by atoms with Crippen molar-refractivity contribution in [3.05, 3.63) is 108 Å². The molecule has 1 fully saturated rings. The summed E-state index contributed by atoms with van der Waals surface area (Å²) in [7, 11) is 0. The zero-order valence-electron chi connectivity index (χ0n) is 20.5. The van der Waals surface area contributed by atoms with Gasteiger partial charge in [-0.3, -0.25) is 4.79 Å². The van der Waals surface area contributed by atoms with E-state index in [9.17, 15) is 4.79 Å². The van der Waals surface area contributed by atoms with Crippen LogP contribution in [0.2, 0.25) is 0 Å². The fourth-order valence-corrected chi connectivity index (χ4v) is 4.82. The van der Waals surface area contributed by atoms with Crippen molar-refractivity contribution in [3.8, 4) is 22.4 Å². The molecule has 3 N–H and O–H groups in total. The van der Waals surface area contributed by atoms with Crippen molar-refractivity contribution < 1.29 is 4.79 Å². The van der Waals surface area contributed by atoms with Crippen molar-refractivity contribution in [3.63, 3.8) is 0 Å². The third kappa shape index (κ3) is 4.61. The lowest BCUT2D eigenvalue weighted by Gasteiger charge is -2.38. The van der Waals surface area contributed by atoms with Crippen LogP contribution in [-0.4, -0.2) is 32.0 Å². The number of fused-ring (bicyclic) bond motifs is 1. The number of nitrogens with one attached hydrogen (secondary N) is 1. The van der Waals surface area contributed by atoms with Crippen molar-refractivity contribution in [2.24, 2.45) is 5.73 Å². The molecule has 184 valence electrons. The molecule has 1 aliphatic carbocycles. The number of aromatic nitrogens is 4. The first-order chi connectivity index (χ1) is 18.1. The number of nitrogens with two attached hydrogens (primary N) is 1. The number of hydrogen-bond acceptors (Lipinski definition) is 5. The van der Waals surface area contributed by atoms with Gasteiger partial charge in [0.05, 0.1) is 5.69 Å². The number of amides is 1. The monoisotopic (exact) mass is 488 g/mol. The maximum atomic E-state index is 12.8. The first-order valence-corrected chi connectivity index (χ1v) is 12.6. The number of rotatable bonds is 7. The number of hydrogen-bond donors (Lipinski definition) is 2. The average Bonchev–Trinajstić information content (AvgIpc) is 3.36. The molecule has 0 spiro atoms. The van der Waals surface area contributed by atoms with Gasteiger partial charge >= 0.3 is 0 Å². The van der Waals surface area contributed by atoms with E-state index < -0.39 is 0 Å². The molecule has 5 aromatic rings.